The first-order valence-electron chi connectivity index (χ1n) is 8.29. The van der Waals surface area contributed by atoms with Crippen LogP contribution in [0.25, 0.3) is 5.57 Å². The van der Waals surface area contributed by atoms with Gasteiger partial charge in [0.2, 0.25) is 0 Å². The van der Waals surface area contributed by atoms with Gasteiger partial charge in [-0.2, -0.15) is 4.89 Å². The molecule has 0 N–H and O–H groups in total. The van der Waals surface area contributed by atoms with Crippen LogP contribution in [0.15, 0.2) is 66.8 Å². The van der Waals surface area contributed by atoms with Gasteiger partial charge in [-0.3, -0.25) is 4.89 Å². The zero-order valence-electron chi connectivity index (χ0n) is 14.5. The zero-order chi connectivity index (χ0) is 19.4. The highest BCUT2D eigenvalue weighted by atomic mass is 127. The molecule has 2 aromatic carbocycles. The van der Waals surface area contributed by atoms with E-state index < -0.39 is 17.5 Å². The molecule has 0 aromatic heterocycles. The van der Waals surface area contributed by atoms with Gasteiger partial charge in [-0.25, -0.2) is 4.79 Å². The molecule has 6 heteroatoms. The van der Waals surface area contributed by atoms with Crippen molar-refractivity contribution in [3.05, 3.63) is 87.9 Å². The molecule has 0 heterocycles. The maximum atomic E-state index is 11.2. The Balaban J connectivity index is 2.13. The van der Waals surface area contributed by atoms with Crippen LogP contribution in [-0.2, 0) is 20.0 Å². The third-order valence-corrected chi connectivity index (χ3v) is 6.26. The first kappa shape index (κ1) is 20.4. The van der Waals surface area contributed by atoms with E-state index in [1.165, 1.54) is 6.92 Å². The Morgan fingerprint density at radius 3 is 2.41 bits per heavy atom. The van der Waals surface area contributed by atoms with Crippen molar-refractivity contribution in [2.45, 2.75) is 18.4 Å². The number of hydrogen-bond acceptors (Lipinski definition) is 3. The SMILES string of the molecule is CC(=O)OOC1C=CC(CI)(c2ccccc2Cl)C=C1c1ccccc1Cl. The van der Waals surface area contributed by atoms with Gasteiger partial charge in [0.15, 0.2) is 0 Å². The van der Waals surface area contributed by atoms with Crippen molar-refractivity contribution in [3.8, 4) is 0 Å². The second kappa shape index (κ2) is 8.78. The summed E-state index contributed by atoms with van der Waals surface area (Å²) < 4.78 is 0.763. The van der Waals surface area contributed by atoms with Gasteiger partial charge in [0, 0.05) is 26.8 Å². The Morgan fingerprint density at radius 1 is 1.11 bits per heavy atom. The maximum absolute atomic E-state index is 11.2. The largest absolute Gasteiger partial charge is 0.339 e. The smallest absolute Gasteiger partial charge is 0.298 e. The third kappa shape index (κ3) is 4.40. The highest BCUT2D eigenvalue weighted by molar-refractivity contribution is 14.1. The van der Waals surface area contributed by atoms with Gasteiger partial charge < -0.3 is 0 Å². The number of allylic oxidation sites excluding steroid dienone is 2. The summed E-state index contributed by atoms with van der Waals surface area (Å²) in [7, 11) is 0. The average Bonchev–Trinajstić information content (AvgIpc) is 2.67. The Labute approximate surface area is 182 Å². The fourth-order valence-electron chi connectivity index (χ4n) is 3.06. The van der Waals surface area contributed by atoms with Crippen LogP contribution in [0.3, 0.4) is 0 Å². The van der Waals surface area contributed by atoms with Gasteiger partial charge in [-0.1, -0.05) is 94.3 Å². The second-order valence-corrected chi connectivity index (χ2v) is 7.76. The molecule has 3 rings (SSSR count). The van der Waals surface area contributed by atoms with Crippen molar-refractivity contribution in [3.63, 3.8) is 0 Å². The molecule has 3 nitrogen and oxygen atoms in total. The standard InChI is InChI=1S/C21H17Cl2IO3/c1-14(25)26-27-20-10-11-21(13-24,17-7-3-5-9-19(17)23)12-16(20)15-6-2-4-8-18(15)22/h2-12,20H,13H2,1H3. The lowest BCUT2D eigenvalue weighted by atomic mass is 9.75. The number of rotatable bonds is 5. The Kier molecular flexibility index (Phi) is 6.63. The lowest BCUT2D eigenvalue weighted by Crippen LogP contribution is -2.30. The molecule has 27 heavy (non-hydrogen) atoms. The predicted molar refractivity (Wildman–Crippen MR) is 117 cm³/mol. The highest BCUT2D eigenvalue weighted by Crippen LogP contribution is 2.42. The first-order valence-corrected chi connectivity index (χ1v) is 10.6. The molecule has 140 valence electrons. The Morgan fingerprint density at radius 2 is 1.78 bits per heavy atom. The van der Waals surface area contributed by atoms with Crippen molar-refractivity contribution in [1.29, 1.82) is 0 Å². The van der Waals surface area contributed by atoms with Gasteiger partial charge in [0.1, 0.15) is 6.10 Å². The summed E-state index contributed by atoms with van der Waals surface area (Å²) >= 11 is 15.3. The molecule has 0 radical (unpaired) electrons. The lowest BCUT2D eigenvalue weighted by Gasteiger charge is -2.33. The molecule has 2 aromatic rings. The summed E-state index contributed by atoms with van der Waals surface area (Å²) in [5.74, 6) is -0.515. The zero-order valence-corrected chi connectivity index (χ0v) is 18.2. The second-order valence-electron chi connectivity index (χ2n) is 6.18. The monoisotopic (exact) mass is 514 g/mol. The summed E-state index contributed by atoms with van der Waals surface area (Å²) in [6.45, 7) is 1.30. The average molecular weight is 515 g/mol. The molecule has 0 fully saturated rings. The van der Waals surface area contributed by atoms with Crippen molar-refractivity contribution in [2.24, 2.45) is 0 Å². The van der Waals surface area contributed by atoms with Crippen LogP contribution in [0.5, 0.6) is 0 Å². The number of alkyl halides is 1. The topological polar surface area (TPSA) is 35.5 Å². The van der Waals surface area contributed by atoms with Gasteiger partial charge >= 0.3 is 5.97 Å². The van der Waals surface area contributed by atoms with Crippen LogP contribution in [0.2, 0.25) is 10.0 Å². The minimum Gasteiger partial charge on any atom is -0.298 e. The van der Waals surface area contributed by atoms with E-state index in [1.807, 2.05) is 60.7 Å². The van der Waals surface area contributed by atoms with Crippen LogP contribution in [0.1, 0.15) is 18.1 Å². The minimum atomic E-state index is -0.563. The number of hydrogen-bond donors (Lipinski definition) is 0. The van der Waals surface area contributed by atoms with Crippen LogP contribution in [-0.4, -0.2) is 16.5 Å². The third-order valence-electron chi connectivity index (χ3n) is 4.34. The summed E-state index contributed by atoms with van der Waals surface area (Å²) in [6, 6.07) is 15.3. The van der Waals surface area contributed by atoms with E-state index >= 15 is 0 Å². The van der Waals surface area contributed by atoms with Crippen LogP contribution < -0.4 is 0 Å². The van der Waals surface area contributed by atoms with Crippen LogP contribution >= 0.6 is 45.8 Å². The first-order chi connectivity index (χ1) is 13.0. The molecule has 2 atom stereocenters. The number of carbonyl (C=O) groups is 1. The number of benzene rings is 2. The van der Waals surface area contributed by atoms with Crippen molar-refractivity contribution < 1.29 is 14.6 Å². The Bertz CT molecular complexity index is 910. The van der Waals surface area contributed by atoms with Gasteiger partial charge in [-0.05, 0) is 34.9 Å². The van der Waals surface area contributed by atoms with E-state index in [9.17, 15) is 4.79 Å². The predicted octanol–water partition coefficient (Wildman–Crippen LogP) is 6.18. The quantitative estimate of drug-likeness (QED) is 0.157. The van der Waals surface area contributed by atoms with E-state index in [4.69, 9.17) is 33.0 Å². The molecule has 0 spiro atoms. The van der Waals surface area contributed by atoms with Gasteiger partial charge in [0.25, 0.3) is 0 Å². The van der Waals surface area contributed by atoms with Crippen LogP contribution in [0, 0.1) is 0 Å². The van der Waals surface area contributed by atoms with E-state index in [0.717, 1.165) is 21.1 Å². The summed E-state index contributed by atoms with van der Waals surface area (Å²) in [5, 5.41) is 1.28. The summed E-state index contributed by atoms with van der Waals surface area (Å²) in [4.78, 5) is 21.4. The van der Waals surface area contributed by atoms with E-state index in [0.29, 0.717) is 10.0 Å². The molecule has 0 aliphatic heterocycles. The van der Waals surface area contributed by atoms with E-state index in [2.05, 4.69) is 28.7 Å². The van der Waals surface area contributed by atoms with E-state index in [1.54, 1.807) is 0 Å². The molecule has 0 saturated carbocycles. The molecule has 2 unspecified atom stereocenters. The van der Waals surface area contributed by atoms with Crippen LogP contribution in [0.4, 0.5) is 0 Å². The number of halogens is 3. The van der Waals surface area contributed by atoms with Crippen molar-refractivity contribution in [2.75, 3.05) is 4.43 Å². The van der Waals surface area contributed by atoms with Gasteiger partial charge in [-0.15, -0.1) is 0 Å². The van der Waals surface area contributed by atoms with Crippen molar-refractivity contribution in [1.82, 2.24) is 0 Å². The highest BCUT2D eigenvalue weighted by Gasteiger charge is 2.35. The van der Waals surface area contributed by atoms with Crippen molar-refractivity contribution >= 4 is 57.3 Å². The van der Waals surface area contributed by atoms with Gasteiger partial charge in [0.05, 0.1) is 0 Å². The molecular weight excluding hydrogens is 498 g/mol. The Hall–Kier alpha value is -1.34. The fourth-order valence-corrected chi connectivity index (χ4v) is 4.50. The maximum Gasteiger partial charge on any atom is 0.339 e. The molecule has 0 amide bonds. The normalized spacial score (nSPS) is 21.6. The molecule has 1 aliphatic rings. The summed E-state index contributed by atoms with van der Waals surface area (Å²) in [5.41, 5.74) is 2.21. The number of carbonyl (C=O) groups excluding carboxylic acids is 1. The minimum absolute atomic E-state index is 0.427. The molecular formula is C21H17Cl2IO3. The fraction of sp³-hybridized carbons (Fsp3) is 0.190. The van der Waals surface area contributed by atoms with E-state index in [-0.39, 0.29) is 0 Å². The molecule has 0 bridgehead atoms. The lowest BCUT2D eigenvalue weighted by molar-refractivity contribution is -0.276. The molecule has 1 aliphatic carbocycles. The molecule has 0 saturated heterocycles. The summed E-state index contributed by atoms with van der Waals surface area (Å²) in [6.07, 6.45) is 5.45.